The quantitative estimate of drug-likeness (QED) is 0.539. The summed E-state index contributed by atoms with van der Waals surface area (Å²) in [5, 5.41) is 9.99. The average Bonchev–Trinajstić information content (AvgIpc) is 2.65. The van der Waals surface area contributed by atoms with E-state index in [-0.39, 0.29) is 17.6 Å². The highest BCUT2D eigenvalue weighted by Crippen LogP contribution is 2.46. The summed E-state index contributed by atoms with van der Waals surface area (Å²) in [5.74, 6) is -0.279. The van der Waals surface area contributed by atoms with Crippen molar-refractivity contribution in [2.45, 2.75) is 51.6 Å². The van der Waals surface area contributed by atoms with Crippen LogP contribution < -0.4 is 0 Å². The molecule has 0 spiro atoms. The van der Waals surface area contributed by atoms with E-state index in [1.165, 1.54) is 0 Å². The highest BCUT2D eigenvalue weighted by molar-refractivity contribution is 5.86. The fraction of sp³-hybridized carbons (Fsp3) is 0.750. The van der Waals surface area contributed by atoms with Crippen molar-refractivity contribution in [3.63, 3.8) is 0 Å². The van der Waals surface area contributed by atoms with Gasteiger partial charge in [0.05, 0.1) is 0 Å². The monoisotopic (exact) mass is 225 g/mol. The first-order valence-corrected chi connectivity index (χ1v) is 5.64. The summed E-state index contributed by atoms with van der Waals surface area (Å²) >= 11 is 0. The molecule has 0 saturated carbocycles. The van der Waals surface area contributed by atoms with E-state index in [2.05, 4.69) is 6.58 Å². The van der Waals surface area contributed by atoms with Crippen LogP contribution in [-0.2, 0) is 9.53 Å². The Hall–Kier alpha value is -0.870. The lowest BCUT2D eigenvalue weighted by Crippen LogP contribution is -2.51. The van der Waals surface area contributed by atoms with Gasteiger partial charge >= 0.3 is 5.97 Å². The molecule has 4 nitrogen and oxygen atoms in total. The Kier molecular flexibility index (Phi) is 2.40. The third-order valence-electron chi connectivity index (χ3n) is 3.47. The van der Waals surface area contributed by atoms with Gasteiger partial charge in [-0.1, -0.05) is 26.8 Å². The normalized spacial score (nSPS) is 39.6. The standard InChI is InChI=1S/C12H19NO3/c1-5-12-7-6-8(14)13(12)9(11(2,3)4)16-10(12)15/h5,8-9,14H,1,6-7H2,2-4H3/t8?,9-,12+/m1/s1. The molecule has 2 fully saturated rings. The van der Waals surface area contributed by atoms with Crippen molar-refractivity contribution in [1.82, 2.24) is 4.90 Å². The first-order valence-electron chi connectivity index (χ1n) is 5.64. The van der Waals surface area contributed by atoms with Crippen LogP contribution in [-0.4, -0.2) is 34.0 Å². The van der Waals surface area contributed by atoms with Gasteiger partial charge in [-0.25, -0.2) is 9.69 Å². The molecule has 2 aliphatic rings. The Labute approximate surface area is 95.9 Å². The van der Waals surface area contributed by atoms with Gasteiger partial charge < -0.3 is 9.84 Å². The van der Waals surface area contributed by atoms with Gasteiger partial charge in [-0.3, -0.25) is 0 Å². The summed E-state index contributed by atoms with van der Waals surface area (Å²) in [7, 11) is 0. The van der Waals surface area contributed by atoms with Gasteiger partial charge in [0.25, 0.3) is 0 Å². The van der Waals surface area contributed by atoms with Crippen molar-refractivity contribution >= 4 is 5.97 Å². The number of esters is 1. The average molecular weight is 225 g/mol. The minimum absolute atomic E-state index is 0.217. The molecule has 90 valence electrons. The number of hydrogen-bond donors (Lipinski definition) is 1. The van der Waals surface area contributed by atoms with Crippen molar-refractivity contribution in [2.75, 3.05) is 0 Å². The van der Waals surface area contributed by atoms with Crippen LogP contribution in [0.2, 0.25) is 0 Å². The van der Waals surface area contributed by atoms with Gasteiger partial charge in [0.1, 0.15) is 11.8 Å². The lowest BCUT2D eigenvalue weighted by Gasteiger charge is -2.36. The van der Waals surface area contributed by atoms with E-state index >= 15 is 0 Å². The fourth-order valence-corrected chi connectivity index (χ4v) is 2.60. The van der Waals surface area contributed by atoms with Crippen LogP contribution in [0.25, 0.3) is 0 Å². The molecular formula is C12H19NO3. The topological polar surface area (TPSA) is 49.8 Å². The Bertz CT molecular complexity index is 334. The maximum Gasteiger partial charge on any atom is 0.332 e. The number of aliphatic hydroxyl groups excluding tert-OH is 1. The van der Waals surface area contributed by atoms with E-state index in [0.29, 0.717) is 12.8 Å². The second kappa shape index (κ2) is 3.31. The number of hydrogen-bond acceptors (Lipinski definition) is 4. The number of rotatable bonds is 1. The number of aliphatic hydroxyl groups is 1. The van der Waals surface area contributed by atoms with Gasteiger partial charge in [0.15, 0.2) is 6.23 Å². The molecule has 0 aliphatic carbocycles. The Morgan fingerprint density at radius 2 is 2.25 bits per heavy atom. The summed E-state index contributed by atoms with van der Waals surface area (Å²) in [6.45, 7) is 9.71. The van der Waals surface area contributed by atoms with Crippen LogP contribution in [0, 0.1) is 5.41 Å². The number of carbonyl (C=O) groups excluding carboxylic acids is 1. The summed E-state index contributed by atoms with van der Waals surface area (Å²) in [4.78, 5) is 13.7. The van der Waals surface area contributed by atoms with Crippen LogP contribution in [0.4, 0.5) is 0 Å². The molecule has 2 saturated heterocycles. The summed E-state index contributed by atoms with van der Waals surface area (Å²) in [6.07, 6.45) is 1.79. The molecule has 1 unspecified atom stereocenters. The molecule has 0 aromatic carbocycles. The highest BCUT2D eigenvalue weighted by atomic mass is 16.6. The van der Waals surface area contributed by atoms with Crippen LogP contribution in [0.1, 0.15) is 33.6 Å². The predicted molar refractivity (Wildman–Crippen MR) is 59.3 cm³/mol. The van der Waals surface area contributed by atoms with Gasteiger partial charge in [-0.15, -0.1) is 6.58 Å². The number of nitrogens with zero attached hydrogens (tertiary/aromatic N) is 1. The Morgan fingerprint density at radius 1 is 1.62 bits per heavy atom. The summed E-state index contributed by atoms with van der Waals surface area (Å²) in [6, 6.07) is 0. The molecule has 3 atom stereocenters. The summed E-state index contributed by atoms with van der Waals surface area (Å²) in [5.41, 5.74) is -1.02. The van der Waals surface area contributed by atoms with Crippen molar-refractivity contribution in [1.29, 1.82) is 0 Å². The van der Waals surface area contributed by atoms with Gasteiger partial charge in [-0.05, 0) is 12.8 Å². The number of ether oxygens (including phenoxy) is 1. The lowest BCUT2D eigenvalue weighted by atomic mass is 9.91. The second-order valence-corrected chi connectivity index (χ2v) is 5.68. The molecule has 2 aliphatic heterocycles. The maximum atomic E-state index is 12.0. The molecule has 2 heterocycles. The maximum absolute atomic E-state index is 12.0. The highest BCUT2D eigenvalue weighted by Gasteiger charge is 2.61. The van der Waals surface area contributed by atoms with Crippen LogP contribution in [0.3, 0.4) is 0 Å². The van der Waals surface area contributed by atoms with E-state index in [1.54, 1.807) is 11.0 Å². The zero-order valence-electron chi connectivity index (χ0n) is 10.1. The third-order valence-corrected chi connectivity index (χ3v) is 3.47. The van der Waals surface area contributed by atoms with Crippen molar-refractivity contribution in [3.8, 4) is 0 Å². The minimum Gasteiger partial charge on any atom is -0.444 e. The number of carbonyl (C=O) groups is 1. The largest absolute Gasteiger partial charge is 0.444 e. The first-order chi connectivity index (χ1) is 7.33. The Balaban J connectivity index is 2.42. The zero-order valence-corrected chi connectivity index (χ0v) is 10.1. The molecular weight excluding hydrogens is 206 g/mol. The Morgan fingerprint density at radius 3 is 2.75 bits per heavy atom. The molecule has 2 rings (SSSR count). The number of cyclic esters (lactones) is 1. The van der Waals surface area contributed by atoms with Gasteiger partial charge in [0.2, 0.25) is 0 Å². The molecule has 1 N–H and O–H groups in total. The first kappa shape index (κ1) is 11.6. The minimum atomic E-state index is -0.808. The molecule has 0 aromatic heterocycles. The van der Waals surface area contributed by atoms with Crippen molar-refractivity contribution in [3.05, 3.63) is 12.7 Å². The van der Waals surface area contributed by atoms with E-state index in [1.807, 2.05) is 20.8 Å². The molecule has 16 heavy (non-hydrogen) atoms. The molecule has 0 amide bonds. The van der Waals surface area contributed by atoms with Gasteiger partial charge in [0, 0.05) is 5.41 Å². The second-order valence-electron chi connectivity index (χ2n) is 5.68. The molecule has 0 aromatic rings. The van der Waals surface area contributed by atoms with E-state index in [0.717, 1.165) is 0 Å². The van der Waals surface area contributed by atoms with Crippen LogP contribution in [0.15, 0.2) is 12.7 Å². The molecule has 0 radical (unpaired) electrons. The van der Waals surface area contributed by atoms with Crippen molar-refractivity contribution < 1.29 is 14.6 Å². The van der Waals surface area contributed by atoms with E-state index < -0.39 is 11.8 Å². The van der Waals surface area contributed by atoms with Gasteiger partial charge in [-0.2, -0.15) is 0 Å². The van der Waals surface area contributed by atoms with Crippen LogP contribution >= 0.6 is 0 Å². The van der Waals surface area contributed by atoms with Crippen molar-refractivity contribution in [2.24, 2.45) is 5.41 Å². The lowest BCUT2D eigenvalue weighted by molar-refractivity contribution is -0.152. The third kappa shape index (κ3) is 1.33. The SMILES string of the molecule is C=C[C@@]12CCC(O)N1[C@@H](C(C)(C)C)OC2=O. The molecule has 0 bridgehead atoms. The van der Waals surface area contributed by atoms with E-state index in [4.69, 9.17) is 4.74 Å². The summed E-state index contributed by atoms with van der Waals surface area (Å²) < 4.78 is 5.41. The fourth-order valence-electron chi connectivity index (χ4n) is 2.60. The zero-order chi connectivity index (χ0) is 12.1. The predicted octanol–water partition coefficient (Wildman–Crippen LogP) is 1.25. The smallest absolute Gasteiger partial charge is 0.332 e. The number of fused-ring (bicyclic) bond motifs is 1. The van der Waals surface area contributed by atoms with E-state index in [9.17, 15) is 9.90 Å². The molecule has 4 heteroatoms. The van der Waals surface area contributed by atoms with Crippen LogP contribution in [0.5, 0.6) is 0 Å².